The second-order valence-electron chi connectivity index (χ2n) is 9.38. The molecule has 0 saturated carbocycles. The minimum atomic E-state index is -0.286. The van der Waals surface area contributed by atoms with Crippen LogP contribution >= 0.6 is 11.8 Å². The summed E-state index contributed by atoms with van der Waals surface area (Å²) in [6.45, 7) is 4.87. The van der Waals surface area contributed by atoms with E-state index in [9.17, 15) is 9.59 Å². The molecule has 3 aromatic carbocycles. The maximum Gasteiger partial charge on any atom is 0.338 e. The molecule has 2 aliphatic rings. The minimum Gasteiger partial charge on any atom is -0.461 e. The minimum absolute atomic E-state index is 0.0172. The molecule has 2 saturated heterocycles. The van der Waals surface area contributed by atoms with Crippen LogP contribution in [0.4, 0.5) is 0 Å². The monoisotopic (exact) mass is 500 g/mol. The molecule has 0 aromatic heterocycles. The molecule has 1 unspecified atom stereocenters. The van der Waals surface area contributed by atoms with Gasteiger partial charge in [-0.3, -0.25) is 14.6 Å². The van der Waals surface area contributed by atoms with Crippen LogP contribution in [0.5, 0.6) is 0 Å². The molecule has 0 amide bonds. The van der Waals surface area contributed by atoms with Gasteiger partial charge in [0.15, 0.2) is 5.78 Å². The molecule has 0 spiro atoms. The molecule has 186 valence electrons. The number of ether oxygens (including phenoxy) is 1. The van der Waals surface area contributed by atoms with E-state index in [-0.39, 0.29) is 11.8 Å². The number of carbonyl (C=O) groups excluding carboxylic acids is 2. The van der Waals surface area contributed by atoms with Crippen molar-refractivity contribution in [2.45, 2.75) is 36.9 Å². The van der Waals surface area contributed by atoms with E-state index < -0.39 is 0 Å². The summed E-state index contributed by atoms with van der Waals surface area (Å²) in [5.41, 5.74) is 3.18. The number of ketones is 1. The molecule has 0 radical (unpaired) electrons. The third kappa shape index (κ3) is 6.06. The zero-order valence-corrected chi connectivity index (χ0v) is 21.3. The zero-order chi connectivity index (χ0) is 24.7. The van der Waals surface area contributed by atoms with Crippen LogP contribution < -0.4 is 0 Å². The number of benzene rings is 3. The quantitative estimate of drug-likeness (QED) is 0.168. The van der Waals surface area contributed by atoms with Gasteiger partial charge in [0.1, 0.15) is 6.61 Å². The summed E-state index contributed by atoms with van der Waals surface area (Å²) >= 11 is 1.61. The van der Waals surface area contributed by atoms with Gasteiger partial charge in [-0.1, -0.05) is 42.5 Å². The lowest BCUT2D eigenvalue weighted by Gasteiger charge is -2.40. The van der Waals surface area contributed by atoms with E-state index in [2.05, 4.69) is 21.9 Å². The van der Waals surface area contributed by atoms with Crippen LogP contribution in [0.15, 0.2) is 83.8 Å². The standard InChI is InChI=1S/C30H32N2O3S/c33-29(24-6-2-1-3-7-24)25-13-15-27(16-14-25)36-21-20-35-30(34)26-11-9-23(10-12-26)22-32-19-5-18-31-17-4-8-28(31)32/h1-3,6-7,9-16,28H,4-5,8,17-22H2. The Balaban J connectivity index is 1.05. The van der Waals surface area contributed by atoms with Crippen molar-refractivity contribution in [3.05, 3.63) is 101 Å². The number of thioether (sulfide) groups is 1. The Kier molecular flexibility index (Phi) is 8.16. The Morgan fingerprint density at radius 2 is 1.50 bits per heavy atom. The molecule has 2 fully saturated rings. The van der Waals surface area contributed by atoms with Crippen LogP contribution in [0.2, 0.25) is 0 Å². The van der Waals surface area contributed by atoms with Crippen molar-refractivity contribution in [2.75, 3.05) is 32.0 Å². The topological polar surface area (TPSA) is 49.9 Å². The number of nitrogens with zero attached hydrogens (tertiary/aromatic N) is 2. The number of fused-ring (bicyclic) bond motifs is 1. The molecule has 1 atom stereocenters. The molecule has 2 aliphatic heterocycles. The van der Waals surface area contributed by atoms with E-state index in [1.165, 1.54) is 37.9 Å². The van der Waals surface area contributed by atoms with Crippen LogP contribution in [0.3, 0.4) is 0 Å². The summed E-state index contributed by atoms with van der Waals surface area (Å²) in [6.07, 6.45) is 4.37. The fourth-order valence-electron chi connectivity index (χ4n) is 5.11. The second-order valence-corrected chi connectivity index (χ2v) is 10.6. The van der Waals surface area contributed by atoms with E-state index in [0.717, 1.165) is 18.0 Å². The summed E-state index contributed by atoms with van der Waals surface area (Å²) < 4.78 is 5.49. The molecule has 0 bridgehead atoms. The lowest BCUT2D eigenvalue weighted by Crippen LogP contribution is -2.49. The zero-order valence-electron chi connectivity index (χ0n) is 20.5. The predicted octanol–water partition coefficient (Wildman–Crippen LogP) is 5.49. The van der Waals surface area contributed by atoms with E-state index in [0.29, 0.717) is 35.2 Å². The number of hydrogen-bond acceptors (Lipinski definition) is 6. The fourth-order valence-corrected chi connectivity index (χ4v) is 5.84. The van der Waals surface area contributed by atoms with Crippen molar-refractivity contribution < 1.29 is 14.3 Å². The van der Waals surface area contributed by atoms with E-state index >= 15 is 0 Å². The van der Waals surface area contributed by atoms with Gasteiger partial charge < -0.3 is 4.74 Å². The van der Waals surface area contributed by atoms with Crippen molar-refractivity contribution in [1.82, 2.24) is 9.80 Å². The average Bonchev–Trinajstić information content (AvgIpc) is 3.42. The van der Waals surface area contributed by atoms with Crippen molar-refractivity contribution in [1.29, 1.82) is 0 Å². The predicted molar refractivity (Wildman–Crippen MR) is 143 cm³/mol. The molecule has 5 rings (SSSR count). The SMILES string of the molecule is O=C(OCCSc1ccc(C(=O)c2ccccc2)cc1)c1ccc(CN2CCCN3CCCC32)cc1. The Morgan fingerprint density at radius 1 is 0.806 bits per heavy atom. The van der Waals surface area contributed by atoms with Gasteiger partial charge in [0.2, 0.25) is 0 Å². The summed E-state index contributed by atoms with van der Waals surface area (Å²) in [5, 5.41) is 0. The Morgan fingerprint density at radius 3 is 2.28 bits per heavy atom. The molecule has 0 aliphatic carbocycles. The number of hydrogen-bond donors (Lipinski definition) is 0. The van der Waals surface area contributed by atoms with Crippen molar-refractivity contribution in [3.8, 4) is 0 Å². The van der Waals surface area contributed by atoms with Gasteiger partial charge in [-0.05, 0) is 67.8 Å². The third-order valence-corrected chi connectivity index (χ3v) is 7.93. The maximum absolute atomic E-state index is 12.5. The average molecular weight is 501 g/mol. The first-order chi connectivity index (χ1) is 17.7. The highest BCUT2D eigenvalue weighted by Gasteiger charge is 2.32. The molecule has 2 heterocycles. The normalized spacial score (nSPS) is 18.1. The van der Waals surface area contributed by atoms with Gasteiger partial charge in [-0.25, -0.2) is 4.79 Å². The van der Waals surface area contributed by atoms with Crippen LogP contribution in [-0.2, 0) is 11.3 Å². The maximum atomic E-state index is 12.5. The first-order valence-electron chi connectivity index (χ1n) is 12.7. The van der Waals surface area contributed by atoms with Crippen LogP contribution in [0.1, 0.15) is 51.1 Å². The van der Waals surface area contributed by atoms with Gasteiger partial charge >= 0.3 is 5.97 Å². The summed E-state index contributed by atoms with van der Waals surface area (Å²) in [7, 11) is 0. The van der Waals surface area contributed by atoms with Crippen LogP contribution in [0.25, 0.3) is 0 Å². The Labute approximate surface area is 217 Å². The lowest BCUT2D eigenvalue weighted by molar-refractivity contribution is 0.0286. The van der Waals surface area contributed by atoms with Crippen LogP contribution in [-0.4, -0.2) is 59.7 Å². The molecule has 36 heavy (non-hydrogen) atoms. The van der Waals surface area contributed by atoms with Crippen LogP contribution in [0, 0.1) is 0 Å². The fraction of sp³-hybridized carbons (Fsp3) is 0.333. The summed E-state index contributed by atoms with van der Waals surface area (Å²) in [4.78, 5) is 31.2. The molecule has 3 aromatic rings. The lowest BCUT2D eigenvalue weighted by atomic mass is 10.0. The molecular weight excluding hydrogens is 468 g/mol. The summed E-state index contributed by atoms with van der Waals surface area (Å²) in [6, 6.07) is 24.7. The first kappa shape index (κ1) is 24.8. The van der Waals surface area contributed by atoms with Crippen molar-refractivity contribution in [2.24, 2.45) is 0 Å². The smallest absolute Gasteiger partial charge is 0.338 e. The number of esters is 1. The highest BCUT2D eigenvalue weighted by atomic mass is 32.2. The Bertz CT molecular complexity index is 1170. The highest BCUT2D eigenvalue weighted by molar-refractivity contribution is 7.99. The van der Waals surface area contributed by atoms with Gasteiger partial charge in [0.05, 0.1) is 11.7 Å². The Hall–Kier alpha value is -2.93. The largest absolute Gasteiger partial charge is 0.461 e. The van der Waals surface area contributed by atoms with E-state index in [1.54, 1.807) is 11.8 Å². The molecule has 0 N–H and O–H groups in total. The molecule has 5 nitrogen and oxygen atoms in total. The molecular formula is C30H32N2O3S. The van der Waals surface area contributed by atoms with Gasteiger partial charge in [0, 0.05) is 41.4 Å². The highest BCUT2D eigenvalue weighted by Crippen LogP contribution is 2.26. The number of rotatable bonds is 9. The number of carbonyl (C=O) groups is 2. The second kappa shape index (κ2) is 11.9. The van der Waals surface area contributed by atoms with Crippen molar-refractivity contribution in [3.63, 3.8) is 0 Å². The summed E-state index contributed by atoms with van der Waals surface area (Å²) in [5.74, 6) is 0.386. The van der Waals surface area contributed by atoms with E-state index in [4.69, 9.17) is 4.74 Å². The van der Waals surface area contributed by atoms with E-state index in [1.807, 2.05) is 66.7 Å². The van der Waals surface area contributed by atoms with Gasteiger partial charge in [0.25, 0.3) is 0 Å². The molecule has 6 heteroatoms. The third-order valence-electron chi connectivity index (χ3n) is 6.95. The van der Waals surface area contributed by atoms with Gasteiger partial charge in [-0.2, -0.15) is 0 Å². The van der Waals surface area contributed by atoms with Crippen molar-refractivity contribution >= 4 is 23.5 Å². The van der Waals surface area contributed by atoms with Gasteiger partial charge in [-0.15, -0.1) is 11.8 Å². The first-order valence-corrected chi connectivity index (χ1v) is 13.7.